The molecule has 0 saturated carbocycles. The number of rotatable bonds is 1. The Kier molecular flexibility index (Phi) is 2.13. The highest BCUT2D eigenvalue weighted by Crippen LogP contribution is 2.18. The zero-order valence-corrected chi connectivity index (χ0v) is 6.40. The van der Waals surface area contributed by atoms with Crippen LogP contribution in [0.2, 0.25) is 0 Å². The van der Waals surface area contributed by atoms with Crippen molar-refractivity contribution < 1.29 is 4.79 Å². The summed E-state index contributed by atoms with van der Waals surface area (Å²) in [4.78, 5) is 10.8. The van der Waals surface area contributed by atoms with Crippen LogP contribution in [0.15, 0.2) is 0 Å². The van der Waals surface area contributed by atoms with Crippen LogP contribution in [0.5, 0.6) is 0 Å². The lowest BCUT2D eigenvalue weighted by Crippen LogP contribution is -2.26. The zero-order chi connectivity index (χ0) is 6.85. The Morgan fingerprint density at radius 2 is 2.44 bits per heavy atom. The van der Waals surface area contributed by atoms with Crippen LogP contribution < -0.4 is 0 Å². The second kappa shape index (κ2) is 2.71. The molecule has 0 aromatic heterocycles. The van der Waals surface area contributed by atoms with Crippen molar-refractivity contribution in [2.24, 2.45) is 0 Å². The van der Waals surface area contributed by atoms with Crippen LogP contribution in [0.3, 0.4) is 0 Å². The van der Waals surface area contributed by atoms with E-state index in [0.29, 0.717) is 0 Å². The van der Waals surface area contributed by atoms with E-state index in [0.717, 1.165) is 19.4 Å². The molecular weight excluding hydrogens is 134 g/mol. The van der Waals surface area contributed by atoms with E-state index in [1.165, 1.54) is 0 Å². The smallest absolute Gasteiger partial charge is 0.147 e. The predicted octanol–water partition coefficient (Wildman–Crippen LogP) is 0.885. The summed E-state index contributed by atoms with van der Waals surface area (Å²) in [6.45, 7) is 2.58. The fourth-order valence-corrected chi connectivity index (χ4v) is 1.58. The maximum absolute atomic E-state index is 10.8. The maximum Gasteiger partial charge on any atom is 0.147 e. The minimum Gasteiger partial charge on any atom is -0.298 e. The molecule has 0 bridgehead atoms. The monoisotopic (exact) mass is 145 g/mol. The number of thiol groups is 1. The molecule has 1 fully saturated rings. The molecule has 0 aliphatic carbocycles. The Bertz CT molecular complexity index is 126. The fraction of sp³-hybridized carbons (Fsp3) is 0.833. The van der Waals surface area contributed by atoms with Gasteiger partial charge in [-0.3, -0.25) is 4.79 Å². The first-order valence-corrected chi connectivity index (χ1v) is 3.58. The highest BCUT2D eigenvalue weighted by atomic mass is 32.1. The van der Waals surface area contributed by atoms with Crippen LogP contribution in [-0.2, 0) is 4.79 Å². The van der Waals surface area contributed by atoms with E-state index in [2.05, 4.69) is 12.8 Å². The molecule has 0 aromatic rings. The van der Waals surface area contributed by atoms with Gasteiger partial charge in [0, 0.05) is 6.54 Å². The van der Waals surface area contributed by atoms with Gasteiger partial charge in [-0.05, 0) is 19.8 Å². The standard InChI is InChI=1S/C6H11NOS/c1-5(8)6-3-2-4-7(6)9/h6,9H,2-4H2,1H3. The summed E-state index contributed by atoms with van der Waals surface area (Å²) >= 11 is 4.14. The number of carbonyl (C=O) groups excluding carboxylic acids is 1. The van der Waals surface area contributed by atoms with Crippen molar-refractivity contribution in [3.63, 3.8) is 0 Å². The van der Waals surface area contributed by atoms with Crippen LogP contribution in [-0.4, -0.2) is 22.7 Å². The second-order valence-electron chi connectivity index (χ2n) is 2.43. The average Bonchev–Trinajstić information content (AvgIpc) is 2.13. The minimum atomic E-state index is 0.0910. The third kappa shape index (κ3) is 1.46. The molecule has 0 aromatic carbocycles. The largest absolute Gasteiger partial charge is 0.298 e. The van der Waals surface area contributed by atoms with Crippen LogP contribution in [0.25, 0.3) is 0 Å². The molecule has 52 valence electrons. The molecule has 1 rings (SSSR count). The molecule has 0 amide bonds. The average molecular weight is 145 g/mol. The van der Waals surface area contributed by atoms with Gasteiger partial charge in [-0.1, -0.05) is 12.8 Å². The third-order valence-corrected chi connectivity index (χ3v) is 2.17. The lowest BCUT2D eigenvalue weighted by atomic mass is 10.2. The van der Waals surface area contributed by atoms with E-state index in [1.807, 2.05) is 4.31 Å². The van der Waals surface area contributed by atoms with E-state index in [1.54, 1.807) is 6.92 Å². The van der Waals surface area contributed by atoms with Crippen molar-refractivity contribution >= 4 is 18.6 Å². The quantitative estimate of drug-likeness (QED) is 0.553. The summed E-state index contributed by atoms with van der Waals surface area (Å²) in [6, 6.07) is 0.0910. The van der Waals surface area contributed by atoms with Gasteiger partial charge in [0.1, 0.15) is 5.78 Å². The van der Waals surface area contributed by atoms with E-state index in [-0.39, 0.29) is 11.8 Å². The van der Waals surface area contributed by atoms with Crippen molar-refractivity contribution in [3.8, 4) is 0 Å². The molecule has 0 spiro atoms. The van der Waals surface area contributed by atoms with Gasteiger partial charge in [0.2, 0.25) is 0 Å². The molecule has 2 nitrogen and oxygen atoms in total. The molecule has 0 radical (unpaired) electrons. The van der Waals surface area contributed by atoms with Gasteiger partial charge in [-0.15, -0.1) is 0 Å². The highest BCUT2D eigenvalue weighted by molar-refractivity contribution is 7.77. The highest BCUT2D eigenvalue weighted by Gasteiger charge is 2.24. The van der Waals surface area contributed by atoms with Crippen LogP contribution in [0.4, 0.5) is 0 Å². The molecule has 3 heteroatoms. The Labute approximate surface area is 60.8 Å². The van der Waals surface area contributed by atoms with Gasteiger partial charge in [0.15, 0.2) is 0 Å². The first kappa shape index (κ1) is 7.09. The first-order chi connectivity index (χ1) is 4.22. The summed E-state index contributed by atoms with van der Waals surface area (Å²) < 4.78 is 1.82. The van der Waals surface area contributed by atoms with Gasteiger partial charge in [0.05, 0.1) is 6.04 Å². The van der Waals surface area contributed by atoms with Crippen molar-refractivity contribution in [1.29, 1.82) is 0 Å². The van der Waals surface area contributed by atoms with E-state index in [9.17, 15) is 4.79 Å². The Morgan fingerprint density at radius 3 is 2.67 bits per heavy atom. The van der Waals surface area contributed by atoms with Gasteiger partial charge in [-0.25, -0.2) is 4.31 Å². The van der Waals surface area contributed by atoms with E-state index < -0.39 is 0 Å². The zero-order valence-electron chi connectivity index (χ0n) is 5.50. The van der Waals surface area contributed by atoms with Crippen molar-refractivity contribution in [2.45, 2.75) is 25.8 Å². The number of carbonyl (C=O) groups is 1. The number of ketones is 1. The predicted molar refractivity (Wildman–Crippen MR) is 39.4 cm³/mol. The second-order valence-corrected chi connectivity index (χ2v) is 2.95. The van der Waals surface area contributed by atoms with Crippen molar-refractivity contribution in [2.75, 3.05) is 6.54 Å². The van der Waals surface area contributed by atoms with Crippen LogP contribution in [0, 0.1) is 0 Å². The summed E-state index contributed by atoms with van der Waals surface area (Å²) in [5.41, 5.74) is 0. The minimum absolute atomic E-state index is 0.0910. The van der Waals surface area contributed by atoms with Gasteiger partial charge >= 0.3 is 0 Å². The molecule has 9 heavy (non-hydrogen) atoms. The Hall–Kier alpha value is -0.0200. The molecule has 1 saturated heterocycles. The first-order valence-electron chi connectivity index (χ1n) is 3.18. The van der Waals surface area contributed by atoms with Crippen molar-refractivity contribution in [1.82, 2.24) is 4.31 Å². The normalized spacial score (nSPS) is 28.9. The van der Waals surface area contributed by atoms with Crippen molar-refractivity contribution in [3.05, 3.63) is 0 Å². The molecule has 1 heterocycles. The summed E-state index contributed by atoms with van der Waals surface area (Å²) in [6.07, 6.45) is 2.09. The fourth-order valence-electron chi connectivity index (χ4n) is 1.16. The lowest BCUT2D eigenvalue weighted by molar-refractivity contribution is -0.119. The topological polar surface area (TPSA) is 20.3 Å². The summed E-state index contributed by atoms with van der Waals surface area (Å²) in [5.74, 6) is 0.238. The summed E-state index contributed by atoms with van der Waals surface area (Å²) in [7, 11) is 0. The lowest BCUT2D eigenvalue weighted by Gasteiger charge is -2.13. The number of hydrogen-bond acceptors (Lipinski definition) is 3. The van der Waals surface area contributed by atoms with Gasteiger partial charge in [0.25, 0.3) is 0 Å². The van der Waals surface area contributed by atoms with Gasteiger partial charge in [-0.2, -0.15) is 0 Å². The SMILES string of the molecule is CC(=O)C1CCCN1S. The number of nitrogens with zero attached hydrogens (tertiary/aromatic N) is 1. The molecule has 1 unspecified atom stereocenters. The Morgan fingerprint density at radius 1 is 1.78 bits per heavy atom. The number of hydrogen-bond donors (Lipinski definition) is 1. The maximum atomic E-state index is 10.8. The molecule has 1 atom stereocenters. The Balaban J connectivity index is 2.49. The van der Waals surface area contributed by atoms with E-state index in [4.69, 9.17) is 0 Å². The molecule has 0 N–H and O–H groups in total. The number of Topliss-reactive ketones (excluding diaryl/α,β-unsaturated/α-hetero) is 1. The third-order valence-electron chi connectivity index (χ3n) is 1.69. The van der Waals surface area contributed by atoms with E-state index >= 15 is 0 Å². The molecule has 1 aliphatic heterocycles. The van der Waals surface area contributed by atoms with Crippen LogP contribution >= 0.6 is 12.8 Å². The molecular formula is C6H11NOS. The van der Waals surface area contributed by atoms with Gasteiger partial charge < -0.3 is 0 Å². The molecule has 1 aliphatic rings. The van der Waals surface area contributed by atoms with Crippen LogP contribution in [0.1, 0.15) is 19.8 Å². The summed E-state index contributed by atoms with van der Waals surface area (Å²) in [5, 5.41) is 0.